The van der Waals surface area contributed by atoms with Crippen molar-refractivity contribution in [1.82, 2.24) is 9.47 Å². The summed E-state index contributed by atoms with van der Waals surface area (Å²) in [5.41, 5.74) is 7.85. The van der Waals surface area contributed by atoms with Crippen LogP contribution in [0.1, 0.15) is 16.8 Å². The Morgan fingerprint density at radius 1 is 1.15 bits per heavy atom. The lowest BCUT2D eigenvalue weighted by molar-refractivity contribution is 0.414. The maximum atomic E-state index is 4.22. The monoisotopic (exact) mass is 360 g/mol. The van der Waals surface area contributed by atoms with E-state index in [0.717, 1.165) is 38.2 Å². The van der Waals surface area contributed by atoms with Gasteiger partial charge in [0.25, 0.3) is 0 Å². The van der Waals surface area contributed by atoms with Gasteiger partial charge in [0.2, 0.25) is 0 Å². The van der Waals surface area contributed by atoms with E-state index in [0.29, 0.717) is 0 Å². The van der Waals surface area contributed by atoms with Crippen LogP contribution < -0.4 is 4.90 Å². The van der Waals surface area contributed by atoms with Gasteiger partial charge in [0.1, 0.15) is 0 Å². The summed E-state index contributed by atoms with van der Waals surface area (Å²) >= 11 is 0. The fourth-order valence-electron chi connectivity index (χ4n) is 4.22. The van der Waals surface area contributed by atoms with Crippen LogP contribution in [0, 0.1) is 0 Å². The highest BCUT2D eigenvalue weighted by Crippen LogP contribution is 2.33. The van der Waals surface area contributed by atoms with Crippen molar-refractivity contribution in [2.24, 2.45) is 12.0 Å². The Bertz CT molecular complexity index is 983. The van der Waals surface area contributed by atoms with Gasteiger partial charge in [-0.15, -0.1) is 0 Å². The predicted octanol–water partition coefficient (Wildman–Crippen LogP) is 4.18. The molecular formula is C23H28N4. The van der Waals surface area contributed by atoms with Crippen LogP contribution in [0.2, 0.25) is 0 Å². The van der Waals surface area contributed by atoms with Crippen molar-refractivity contribution >= 4 is 29.0 Å². The van der Waals surface area contributed by atoms with E-state index < -0.39 is 0 Å². The molecule has 4 heteroatoms. The average Bonchev–Trinajstić information content (AvgIpc) is 2.98. The van der Waals surface area contributed by atoms with Crippen molar-refractivity contribution in [3.05, 3.63) is 59.3 Å². The van der Waals surface area contributed by atoms with Gasteiger partial charge >= 0.3 is 0 Å². The molecule has 4 rings (SSSR count). The van der Waals surface area contributed by atoms with Gasteiger partial charge in [0.15, 0.2) is 0 Å². The van der Waals surface area contributed by atoms with Gasteiger partial charge in [-0.05, 0) is 57.1 Å². The molecule has 0 unspecified atom stereocenters. The quantitative estimate of drug-likeness (QED) is 0.638. The van der Waals surface area contributed by atoms with Crippen molar-refractivity contribution in [2.45, 2.75) is 19.4 Å². The standard InChI is InChI=1S/C23H28N4/c1-24-21-10-9-18(15-17(21)11-13-25(2)3)27-14-12-23-20(16-27)19-7-5-6-8-22(19)26(23)4/h5-10,15H,1,11-14,16H2,2-4H3. The summed E-state index contributed by atoms with van der Waals surface area (Å²) in [4.78, 5) is 8.94. The Kier molecular flexibility index (Phi) is 4.75. The first-order chi connectivity index (χ1) is 13.1. The summed E-state index contributed by atoms with van der Waals surface area (Å²) in [6.45, 7) is 6.77. The van der Waals surface area contributed by atoms with Crippen molar-refractivity contribution < 1.29 is 0 Å². The molecule has 2 heterocycles. The second-order valence-corrected chi connectivity index (χ2v) is 7.70. The largest absolute Gasteiger partial charge is 0.367 e. The minimum atomic E-state index is 0.963. The Labute approximate surface area is 161 Å². The SMILES string of the molecule is C=Nc1ccc(N2CCc3c(c4ccccc4n3C)C2)cc1CCN(C)C. The summed E-state index contributed by atoms with van der Waals surface area (Å²) < 4.78 is 2.37. The van der Waals surface area contributed by atoms with Gasteiger partial charge in [-0.1, -0.05) is 18.2 Å². The molecule has 0 amide bonds. The van der Waals surface area contributed by atoms with Gasteiger partial charge in [-0.3, -0.25) is 4.99 Å². The third-order valence-electron chi connectivity index (χ3n) is 5.74. The van der Waals surface area contributed by atoms with E-state index in [1.54, 1.807) is 0 Å². The number of aromatic nitrogens is 1. The molecule has 0 bridgehead atoms. The van der Waals surface area contributed by atoms with Gasteiger partial charge in [0.05, 0.1) is 5.69 Å². The third kappa shape index (κ3) is 3.26. The number of aliphatic imine (C=N–C) groups is 1. The van der Waals surface area contributed by atoms with Crippen LogP contribution in [-0.4, -0.2) is 43.4 Å². The zero-order chi connectivity index (χ0) is 19.0. The first-order valence-corrected chi connectivity index (χ1v) is 9.63. The zero-order valence-electron chi connectivity index (χ0n) is 16.6. The first kappa shape index (κ1) is 17.8. The zero-order valence-corrected chi connectivity index (χ0v) is 16.6. The van der Waals surface area contributed by atoms with E-state index in [2.05, 4.69) is 89.7 Å². The topological polar surface area (TPSA) is 23.8 Å². The molecule has 1 aliphatic rings. The molecule has 0 atom stereocenters. The average molecular weight is 361 g/mol. The number of nitrogens with zero attached hydrogens (tertiary/aromatic N) is 4. The number of aryl methyl sites for hydroxylation is 1. The molecule has 1 aromatic heterocycles. The second kappa shape index (κ2) is 7.20. The molecule has 3 aromatic rings. The van der Waals surface area contributed by atoms with Crippen LogP contribution in [-0.2, 0) is 26.4 Å². The number of para-hydroxylation sites is 1. The van der Waals surface area contributed by atoms with Crippen molar-refractivity contribution in [2.75, 3.05) is 32.1 Å². The van der Waals surface area contributed by atoms with Crippen molar-refractivity contribution in [3.63, 3.8) is 0 Å². The number of anilines is 1. The van der Waals surface area contributed by atoms with E-state index in [1.165, 1.54) is 33.4 Å². The number of fused-ring (bicyclic) bond motifs is 3. The number of hydrogen-bond acceptors (Lipinski definition) is 3. The molecule has 0 spiro atoms. The summed E-state index contributed by atoms with van der Waals surface area (Å²) in [6.07, 6.45) is 2.07. The minimum absolute atomic E-state index is 0.963. The summed E-state index contributed by atoms with van der Waals surface area (Å²) in [7, 11) is 6.41. The van der Waals surface area contributed by atoms with E-state index in [1.807, 2.05) is 0 Å². The summed E-state index contributed by atoms with van der Waals surface area (Å²) in [5.74, 6) is 0. The second-order valence-electron chi connectivity index (χ2n) is 7.70. The van der Waals surface area contributed by atoms with Crippen LogP contribution >= 0.6 is 0 Å². The highest BCUT2D eigenvalue weighted by Gasteiger charge is 2.23. The summed E-state index contributed by atoms with van der Waals surface area (Å²) in [6, 6.07) is 15.4. The smallest absolute Gasteiger partial charge is 0.0656 e. The lowest BCUT2D eigenvalue weighted by Gasteiger charge is -2.30. The fourth-order valence-corrected chi connectivity index (χ4v) is 4.22. The van der Waals surface area contributed by atoms with Gasteiger partial charge < -0.3 is 14.4 Å². The van der Waals surface area contributed by atoms with E-state index in [9.17, 15) is 0 Å². The van der Waals surface area contributed by atoms with E-state index in [-0.39, 0.29) is 0 Å². The van der Waals surface area contributed by atoms with Gasteiger partial charge in [-0.25, -0.2) is 0 Å². The molecule has 0 aliphatic carbocycles. The highest BCUT2D eigenvalue weighted by molar-refractivity contribution is 5.86. The minimum Gasteiger partial charge on any atom is -0.367 e. The van der Waals surface area contributed by atoms with Crippen molar-refractivity contribution in [1.29, 1.82) is 0 Å². The molecule has 1 aliphatic heterocycles. The number of likely N-dealkylation sites (N-methyl/N-ethyl adjacent to an activating group) is 1. The molecule has 27 heavy (non-hydrogen) atoms. The Balaban J connectivity index is 1.67. The normalized spacial score (nSPS) is 14.0. The number of rotatable bonds is 5. The third-order valence-corrected chi connectivity index (χ3v) is 5.74. The number of benzene rings is 2. The molecule has 2 aromatic carbocycles. The lowest BCUT2D eigenvalue weighted by Crippen LogP contribution is -2.30. The maximum absolute atomic E-state index is 4.22. The van der Waals surface area contributed by atoms with Crippen LogP contribution in [0.3, 0.4) is 0 Å². The fraction of sp³-hybridized carbons (Fsp3) is 0.348. The molecule has 0 radical (unpaired) electrons. The van der Waals surface area contributed by atoms with Crippen LogP contribution in [0.25, 0.3) is 10.9 Å². The van der Waals surface area contributed by atoms with Crippen LogP contribution in [0.15, 0.2) is 47.5 Å². The predicted molar refractivity (Wildman–Crippen MR) is 116 cm³/mol. The lowest BCUT2D eigenvalue weighted by atomic mass is 10.0. The molecular weight excluding hydrogens is 332 g/mol. The van der Waals surface area contributed by atoms with Crippen LogP contribution in [0.4, 0.5) is 11.4 Å². The van der Waals surface area contributed by atoms with E-state index >= 15 is 0 Å². The molecule has 0 N–H and O–H groups in total. The Hall–Kier alpha value is -2.59. The van der Waals surface area contributed by atoms with E-state index in [4.69, 9.17) is 0 Å². The molecule has 0 saturated heterocycles. The highest BCUT2D eigenvalue weighted by atomic mass is 15.1. The van der Waals surface area contributed by atoms with Crippen molar-refractivity contribution in [3.8, 4) is 0 Å². The summed E-state index contributed by atoms with van der Waals surface area (Å²) in [5, 5.41) is 1.39. The van der Waals surface area contributed by atoms with Gasteiger partial charge in [-0.2, -0.15) is 0 Å². The molecule has 0 fully saturated rings. The molecule has 140 valence electrons. The first-order valence-electron chi connectivity index (χ1n) is 9.63. The maximum Gasteiger partial charge on any atom is 0.0656 e. The van der Waals surface area contributed by atoms with Gasteiger partial charge in [0, 0.05) is 61.0 Å². The Morgan fingerprint density at radius 3 is 2.74 bits per heavy atom. The number of hydrogen-bond donors (Lipinski definition) is 0. The molecule has 4 nitrogen and oxygen atoms in total. The Morgan fingerprint density at radius 2 is 1.96 bits per heavy atom. The van der Waals surface area contributed by atoms with Crippen LogP contribution in [0.5, 0.6) is 0 Å². The molecule has 0 saturated carbocycles.